The Labute approximate surface area is 226 Å². The van der Waals surface area contributed by atoms with Gasteiger partial charge in [0.25, 0.3) is 0 Å². The van der Waals surface area contributed by atoms with E-state index in [9.17, 15) is 10.2 Å². The highest BCUT2D eigenvalue weighted by atomic mass is 16.3. The summed E-state index contributed by atoms with van der Waals surface area (Å²) >= 11 is 0. The minimum Gasteiger partial charge on any atom is -0.507 e. The van der Waals surface area contributed by atoms with Crippen LogP contribution in [-0.2, 0) is 0 Å². The molecular formula is C32H44N4O2. The monoisotopic (exact) mass is 516 g/mol. The lowest BCUT2D eigenvalue weighted by molar-refractivity contribution is 0.191. The third-order valence-electron chi connectivity index (χ3n) is 8.32. The molecule has 0 fully saturated rings. The minimum atomic E-state index is -0.156. The predicted molar refractivity (Wildman–Crippen MR) is 155 cm³/mol. The average Bonchev–Trinajstić information content (AvgIpc) is 3.17. The molecule has 2 atom stereocenters. The van der Waals surface area contributed by atoms with E-state index in [-0.39, 0.29) is 23.8 Å². The number of rotatable bonds is 14. The predicted octanol–water partition coefficient (Wildman–Crippen LogP) is 6.47. The van der Waals surface area contributed by atoms with E-state index in [1.54, 1.807) is 0 Å². The van der Waals surface area contributed by atoms with Gasteiger partial charge in [0.1, 0.15) is 23.8 Å². The van der Waals surface area contributed by atoms with Gasteiger partial charge in [-0.1, -0.05) is 65.5 Å². The molecular weight excluding hydrogens is 472 g/mol. The molecule has 8 bridgehead atoms. The Bertz CT molecular complexity index is 1420. The van der Waals surface area contributed by atoms with Crippen LogP contribution in [0.3, 0.4) is 0 Å². The molecule has 38 heavy (non-hydrogen) atoms. The highest BCUT2D eigenvalue weighted by Gasteiger charge is 2.32. The summed E-state index contributed by atoms with van der Waals surface area (Å²) in [4.78, 5) is 15.7. The van der Waals surface area contributed by atoms with Gasteiger partial charge in [-0.05, 0) is 43.4 Å². The molecule has 0 spiro atoms. The SMILES string of the molecule is CCCCN(CCCC)C1N=c2c3cc4c(O)c5cc1ccc5c(O)c4c2=NC3N(CCCC)CCCC. The summed E-state index contributed by atoms with van der Waals surface area (Å²) in [5, 5.41) is 27.4. The molecule has 3 aromatic carbocycles. The smallest absolute Gasteiger partial charge is 0.133 e. The third-order valence-corrected chi connectivity index (χ3v) is 8.32. The van der Waals surface area contributed by atoms with Crippen molar-refractivity contribution in [1.82, 2.24) is 9.80 Å². The summed E-state index contributed by atoms with van der Waals surface area (Å²) in [7, 11) is 0. The van der Waals surface area contributed by atoms with Gasteiger partial charge in [0, 0.05) is 47.9 Å². The number of fused-ring (bicyclic) bond motifs is 1. The number of hydrogen-bond acceptors (Lipinski definition) is 6. The lowest BCUT2D eigenvalue weighted by Crippen LogP contribution is -2.35. The molecule has 2 unspecified atom stereocenters. The fourth-order valence-electron chi connectivity index (χ4n) is 6.09. The van der Waals surface area contributed by atoms with Gasteiger partial charge in [-0.2, -0.15) is 0 Å². The van der Waals surface area contributed by atoms with Crippen LogP contribution in [0.1, 0.15) is 103 Å². The van der Waals surface area contributed by atoms with Crippen molar-refractivity contribution in [1.29, 1.82) is 0 Å². The van der Waals surface area contributed by atoms with Crippen molar-refractivity contribution in [2.24, 2.45) is 9.98 Å². The summed E-state index contributed by atoms with van der Waals surface area (Å²) in [5.41, 5.74) is 2.13. The second-order valence-electron chi connectivity index (χ2n) is 11.1. The molecule has 5 aliphatic heterocycles. The van der Waals surface area contributed by atoms with Gasteiger partial charge in [-0.15, -0.1) is 0 Å². The maximum atomic E-state index is 11.6. The van der Waals surface area contributed by atoms with Crippen molar-refractivity contribution >= 4 is 21.5 Å². The van der Waals surface area contributed by atoms with Crippen LogP contribution in [0, 0.1) is 0 Å². The van der Waals surface area contributed by atoms with Gasteiger partial charge in [-0.3, -0.25) is 19.8 Å². The molecule has 204 valence electrons. The number of phenolic OH excluding ortho intramolecular Hbond substituents is 2. The van der Waals surface area contributed by atoms with Crippen LogP contribution >= 0.6 is 0 Å². The number of unbranched alkanes of at least 4 members (excludes halogenated alkanes) is 4. The second-order valence-corrected chi connectivity index (χ2v) is 11.1. The maximum Gasteiger partial charge on any atom is 0.133 e. The fraction of sp³-hybridized carbons (Fsp3) is 0.562. The van der Waals surface area contributed by atoms with E-state index >= 15 is 0 Å². The number of phenols is 2. The third kappa shape index (κ3) is 4.66. The Morgan fingerprint density at radius 3 is 1.76 bits per heavy atom. The first-order valence-corrected chi connectivity index (χ1v) is 14.9. The van der Waals surface area contributed by atoms with Crippen molar-refractivity contribution in [2.75, 3.05) is 26.2 Å². The number of benzene rings is 3. The van der Waals surface area contributed by atoms with Crippen LogP contribution in [0.4, 0.5) is 0 Å². The zero-order valence-corrected chi connectivity index (χ0v) is 23.6. The van der Waals surface area contributed by atoms with Crippen LogP contribution in [0.2, 0.25) is 0 Å². The summed E-state index contributed by atoms with van der Waals surface area (Å²) < 4.78 is 0. The number of hydrogen-bond donors (Lipinski definition) is 2. The van der Waals surface area contributed by atoms with Crippen LogP contribution in [0.25, 0.3) is 21.5 Å². The Hall–Kier alpha value is -2.70. The van der Waals surface area contributed by atoms with Crippen LogP contribution in [0.5, 0.6) is 11.5 Å². The Morgan fingerprint density at radius 1 is 0.632 bits per heavy atom. The van der Waals surface area contributed by atoms with E-state index < -0.39 is 0 Å². The molecule has 0 amide bonds. The molecule has 6 nitrogen and oxygen atoms in total. The van der Waals surface area contributed by atoms with E-state index in [2.05, 4.69) is 49.6 Å². The van der Waals surface area contributed by atoms with E-state index in [1.807, 2.05) is 12.1 Å². The molecule has 2 N–H and O–H groups in total. The van der Waals surface area contributed by atoms with Crippen LogP contribution in [-0.4, -0.2) is 46.2 Å². The lowest BCUT2D eigenvalue weighted by Gasteiger charge is -2.30. The molecule has 0 saturated heterocycles. The highest BCUT2D eigenvalue weighted by Crippen LogP contribution is 2.44. The first kappa shape index (κ1) is 26.9. The van der Waals surface area contributed by atoms with E-state index in [0.29, 0.717) is 21.5 Å². The van der Waals surface area contributed by atoms with Gasteiger partial charge >= 0.3 is 0 Å². The van der Waals surface area contributed by atoms with Crippen molar-refractivity contribution in [3.63, 3.8) is 0 Å². The lowest BCUT2D eigenvalue weighted by atomic mass is 9.95. The molecule has 0 radical (unpaired) electrons. The van der Waals surface area contributed by atoms with E-state index in [0.717, 1.165) is 99.4 Å². The van der Waals surface area contributed by atoms with Crippen molar-refractivity contribution < 1.29 is 10.2 Å². The topological polar surface area (TPSA) is 71.7 Å². The maximum absolute atomic E-state index is 11.6. The zero-order valence-electron chi connectivity index (χ0n) is 23.6. The van der Waals surface area contributed by atoms with Gasteiger partial charge < -0.3 is 10.2 Å². The van der Waals surface area contributed by atoms with Gasteiger partial charge in [0.15, 0.2) is 0 Å². The van der Waals surface area contributed by atoms with Crippen LogP contribution in [0.15, 0.2) is 34.3 Å². The standard InChI is InChI=1S/C32H44N4O2/c1-5-9-15-35(16-10-6-2)31-21-13-14-22-23(19-21)29(37)24-20-25-27(33-31)28(26(24)30(22)38)34-32(25)36(17-11-7-3)18-12-8-4/h13-14,19-20,31-32,37-38H,5-12,15-18H2,1-4H3. The quantitative estimate of drug-likeness (QED) is 0.190. The van der Waals surface area contributed by atoms with Crippen molar-refractivity contribution in [3.05, 3.63) is 46.1 Å². The highest BCUT2D eigenvalue weighted by molar-refractivity contribution is 6.11. The van der Waals surface area contributed by atoms with E-state index in [4.69, 9.17) is 9.98 Å². The second kappa shape index (κ2) is 11.6. The summed E-state index contributed by atoms with van der Waals surface area (Å²) in [6.45, 7) is 12.8. The first-order valence-electron chi connectivity index (χ1n) is 14.9. The molecule has 0 saturated carbocycles. The largest absolute Gasteiger partial charge is 0.507 e. The summed E-state index contributed by atoms with van der Waals surface area (Å²) in [6.07, 6.45) is 8.70. The number of aromatic hydroxyl groups is 2. The Kier molecular flexibility index (Phi) is 8.20. The minimum absolute atomic E-state index is 0.138. The van der Waals surface area contributed by atoms with Gasteiger partial charge in [-0.25, -0.2) is 0 Å². The van der Waals surface area contributed by atoms with Gasteiger partial charge in [0.05, 0.1) is 16.1 Å². The first-order chi connectivity index (χ1) is 18.5. The molecule has 6 heteroatoms. The molecule has 3 aromatic rings. The average molecular weight is 517 g/mol. The molecule has 5 aliphatic rings. The Morgan fingerprint density at radius 2 is 1.18 bits per heavy atom. The summed E-state index contributed by atoms with van der Waals surface area (Å²) in [5.74, 6) is 0.435. The van der Waals surface area contributed by atoms with E-state index in [1.165, 1.54) is 0 Å². The molecule has 5 heterocycles. The zero-order chi connectivity index (χ0) is 26.8. The van der Waals surface area contributed by atoms with Crippen LogP contribution < -0.4 is 10.7 Å². The number of nitrogens with zero attached hydrogens (tertiary/aromatic N) is 4. The Balaban J connectivity index is 1.78. The fourth-order valence-corrected chi connectivity index (χ4v) is 6.09. The van der Waals surface area contributed by atoms with Crippen molar-refractivity contribution in [3.8, 4) is 11.5 Å². The summed E-state index contributed by atoms with van der Waals surface area (Å²) in [6, 6.07) is 8.14. The molecule has 0 aliphatic carbocycles. The van der Waals surface area contributed by atoms with Gasteiger partial charge in [0.2, 0.25) is 0 Å². The molecule has 0 aromatic heterocycles. The van der Waals surface area contributed by atoms with Crippen molar-refractivity contribution in [2.45, 2.75) is 91.4 Å². The molecule has 8 rings (SSSR count). The normalized spacial score (nSPS) is 17.7.